The Labute approximate surface area is 104 Å². The number of hydrogen-bond acceptors (Lipinski definition) is 5. The molecule has 90 valence electrons. The van der Waals surface area contributed by atoms with E-state index < -0.39 is 0 Å². The third kappa shape index (κ3) is 3.01. The Kier molecular flexibility index (Phi) is 4.06. The predicted octanol–water partition coefficient (Wildman–Crippen LogP) is 1.96. The Morgan fingerprint density at radius 2 is 2.35 bits per heavy atom. The number of thiazole rings is 1. The van der Waals surface area contributed by atoms with Crippen LogP contribution < -0.4 is 4.74 Å². The smallest absolute Gasteiger partial charge is 0.127 e. The molecule has 0 bridgehead atoms. The largest absolute Gasteiger partial charge is 0.493 e. The number of aliphatic hydroxyl groups is 1. The lowest BCUT2D eigenvalue weighted by Gasteiger charge is -2.08. The third-order valence-electron chi connectivity index (χ3n) is 2.46. The van der Waals surface area contributed by atoms with E-state index in [-0.39, 0.29) is 6.61 Å². The van der Waals surface area contributed by atoms with Crippen LogP contribution in [0.4, 0.5) is 0 Å². The van der Waals surface area contributed by atoms with Crippen LogP contribution in [0, 0.1) is 6.92 Å². The summed E-state index contributed by atoms with van der Waals surface area (Å²) < 4.78 is 5.64. The molecule has 0 saturated heterocycles. The molecule has 0 aliphatic heterocycles. The number of nitrogens with zero attached hydrogens (tertiary/aromatic N) is 2. The molecular formula is C12H14N2O2S. The number of aliphatic hydroxyl groups excluding tert-OH is 1. The van der Waals surface area contributed by atoms with Gasteiger partial charge in [-0.1, -0.05) is 0 Å². The molecule has 4 nitrogen and oxygen atoms in total. The number of rotatable bonds is 5. The SMILES string of the molecule is Cc1ncsc1CCOc1ccncc1CO. The Hall–Kier alpha value is -1.46. The first-order valence-corrected chi connectivity index (χ1v) is 6.24. The minimum atomic E-state index is -0.0528. The molecule has 0 saturated carbocycles. The van der Waals surface area contributed by atoms with Gasteiger partial charge < -0.3 is 9.84 Å². The summed E-state index contributed by atoms with van der Waals surface area (Å²) in [4.78, 5) is 9.37. The highest BCUT2D eigenvalue weighted by atomic mass is 32.1. The van der Waals surface area contributed by atoms with Gasteiger partial charge >= 0.3 is 0 Å². The van der Waals surface area contributed by atoms with Gasteiger partial charge in [0.15, 0.2) is 0 Å². The van der Waals surface area contributed by atoms with Crippen molar-refractivity contribution < 1.29 is 9.84 Å². The second kappa shape index (κ2) is 5.75. The highest BCUT2D eigenvalue weighted by molar-refractivity contribution is 7.09. The minimum Gasteiger partial charge on any atom is -0.493 e. The fourth-order valence-corrected chi connectivity index (χ4v) is 2.26. The van der Waals surface area contributed by atoms with Gasteiger partial charge in [-0.2, -0.15) is 0 Å². The quantitative estimate of drug-likeness (QED) is 0.881. The summed E-state index contributed by atoms with van der Waals surface area (Å²) in [7, 11) is 0. The van der Waals surface area contributed by atoms with Gasteiger partial charge in [-0.05, 0) is 13.0 Å². The number of aromatic nitrogens is 2. The van der Waals surface area contributed by atoms with E-state index in [2.05, 4.69) is 9.97 Å². The number of ether oxygens (including phenoxy) is 1. The van der Waals surface area contributed by atoms with E-state index in [9.17, 15) is 0 Å². The zero-order valence-corrected chi connectivity index (χ0v) is 10.4. The summed E-state index contributed by atoms with van der Waals surface area (Å²) in [6.45, 7) is 2.53. The molecule has 5 heteroatoms. The molecule has 2 rings (SSSR count). The molecule has 0 aliphatic carbocycles. The van der Waals surface area contributed by atoms with Crippen LogP contribution in [0.1, 0.15) is 16.1 Å². The van der Waals surface area contributed by atoms with Crippen LogP contribution >= 0.6 is 11.3 Å². The van der Waals surface area contributed by atoms with E-state index in [4.69, 9.17) is 9.84 Å². The van der Waals surface area contributed by atoms with Crippen molar-refractivity contribution >= 4 is 11.3 Å². The lowest BCUT2D eigenvalue weighted by atomic mass is 10.2. The highest BCUT2D eigenvalue weighted by Crippen LogP contribution is 2.18. The summed E-state index contributed by atoms with van der Waals surface area (Å²) >= 11 is 1.64. The van der Waals surface area contributed by atoms with Crippen molar-refractivity contribution in [2.75, 3.05) is 6.61 Å². The predicted molar refractivity (Wildman–Crippen MR) is 66.2 cm³/mol. The maximum absolute atomic E-state index is 9.12. The van der Waals surface area contributed by atoms with E-state index in [1.165, 1.54) is 4.88 Å². The average Bonchev–Trinajstić information content (AvgIpc) is 2.76. The Bertz CT molecular complexity index is 485. The summed E-state index contributed by atoms with van der Waals surface area (Å²) in [5.74, 6) is 0.699. The summed E-state index contributed by atoms with van der Waals surface area (Å²) in [5, 5.41) is 9.12. The lowest BCUT2D eigenvalue weighted by molar-refractivity contribution is 0.263. The van der Waals surface area contributed by atoms with Gasteiger partial charge in [0.05, 0.1) is 24.4 Å². The van der Waals surface area contributed by atoms with Crippen molar-refractivity contribution in [1.29, 1.82) is 0 Å². The molecule has 2 heterocycles. The normalized spacial score (nSPS) is 10.5. The Balaban J connectivity index is 1.92. The van der Waals surface area contributed by atoms with Crippen molar-refractivity contribution in [3.8, 4) is 5.75 Å². The molecule has 0 aromatic carbocycles. The second-order valence-electron chi connectivity index (χ2n) is 3.60. The van der Waals surface area contributed by atoms with Crippen LogP contribution in [0.2, 0.25) is 0 Å². The highest BCUT2D eigenvalue weighted by Gasteiger charge is 2.04. The van der Waals surface area contributed by atoms with Crippen LogP contribution in [0.25, 0.3) is 0 Å². The Morgan fingerprint density at radius 3 is 3.06 bits per heavy atom. The molecule has 0 fully saturated rings. The van der Waals surface area contributed by atoms with Crippen molar-refractivity contribution in [3.05, 3.63) is 40.1 Å². The van der Waals surface area contributed by atoms with Crippen LogP contribution in [0.15, 0.2) is 24.0 Å². The molecule has 0 aliphatic rings. The standard InChI is InChI=1S/C12H14N2O2S/c1-9-12(17-8-14-9)3-5-16-11-2-4-13-6-10(11)7-15/h2,4,6,8,15H,3,5,7H2,1H3. The van der Waals surface area contributed by atoms with Gasteiger partial charge in [-0.25, -0.2) is 4.98 Å². The third-order valence-corrected chi connectivity index (χ3v) is 3.46. The number of hydrogen-bond donors (Lipinski definition) is 1. The van der Waals surface area contributed by atoms with Gasteiger partial charge in [0.2, 0.25) is 0 Å². The maximum atomic E-state index is 9.12. The molecule has 0 radical (unpaired) electrons. The second-order valence-corrected chi connectivity index (χ2v) is 4.54. The first-order chi connectivity index (χ1) is 8.31. The van der Waals surface area contributed by atoms with E-state index in [1.807, 2.05) is 12.4 Å². The van der Waals surface area contributed by atoms with E-state index in [1.54, 1.807) is 29.8 Å². The van der Waals surface area contributed by atoms with E-state index >= 15 is 0 Å². The van der Waals surface area contributed by atoms with Gasteiger partial charge in [-0.15, -0.1) is 11.3 Å². The van der Waals surface area contributed by atoms with Crippen molar-refractivity contribution in [2.45, 2.75) is 20.0 Å². The Morgan fingerprint density at radius 1 is 1.47 bits per heavy atom. The molecule has 0 atom stereocenters. The first-order valence-electron chi connectivity index (χ1n) is 5.36. The fourth-order valence-electron chi connectivity index (χ4n) is 1.49. The van der Waals surface area contributed by atoms with Crippen LogP contribution in [0.5, 0.6) is 5.75 Å². The van der Waals surface area contributed by atoms with Crippen molar-refractivity contribution in [1.82, 2.24) is 9.97 Å². The van der Waals surface area contributed by atoms with Crippen molar-refractivity contribution in [3.63, 3.8) is 0 Å². The van der Waals surface area contributed by atoms with Gasteiger partial charge in [0, 0.05) is 29.3 Å². The molecule has 0 amide bonds. The average molecular weight is 250 g/mol. The molecule has 0 spiro atoms. The minimum absolute atomic E-state index is 0.0528. The molecule has 1 N–H and O–H groups in total. The lowest BCUT2D eigenvalue weighted by Crippen LogP contribution is -2.03. The van der Waals surface area contributed by atoms with Crippen LogP contribution in [0.3, 0.4) is 0 Å². The fraction of sp³-hybridized carbons (Fsp3) is 0.333. The molecule has 2 aromatic rings. The first kappa shape index (κ1) is 12.0. The van der Waals surface area contributed by atoms with Crippen LogP contribution in [-0.4, -0.2) is 21.7 Å². The molecule has 17 heavy (non-hydrogen) atoms. The van der Waals surface area contributed by atoms with Gasteiger partial charge in [0.1, 0.15) is 5.75 Å². The summed E-state index contributed by atoms with van der Waals surface area (Å²) in [6, 6.07) is 1.77. The summed E-state index contributed by atoms with van der Waals surface area (Å²) in [6.07, 6.45) is 4.11. The summed E-state index contributed by atoms with van der Waals surface area (Å²) in [5.41, 5.74) is 3.63. The van der Waals surface area contributed by atoms with Crippen LogP contribution in [-0.2, 0) is 13.0 Å². The number of pyridine rings is 1. The van der Waals surface area contributed by atoms with Gasteiger partial charge in [-0.3, -0.25) is 4.98 Å². The zero-order chi connectivity index (χ0) is 12.1. The van der Waals surface area contributed by atoms with E-state index in [0.717, 1.165) is 12.1 Å². The van der Waals surface area contributed by atoms with Crippen molar-refractivity contribution in [2.24, 2.45) is 0 Å². The zero-order valence-electron chi connectivity index (χ0n) is 9.59. The van der Waals surface area contributed by atoms with E-state index in [0.29, 0.717) is 17.9 Å². The monoisotopic (exact) mass is 250 g/mol. The number of aryl methyl sites for hydroxylation is 1. The molecule has 0 unspecified atom stereocenters. The maximum Gasteiger partial charge on any atom is 0.127 e. The molecule has 2 aromatic heterocycles. The topological polar surface area (TPSA) is 55.2 Å². The van der Waals surface area contributed by atoms with Gasteiger partial charge in [0.25, 0.3) is 0 Å². The molecular weight excluding hydrogens is 236 g/mol.